The molecule has 1 fully saturated rings. The molecule has 0 radical (unpaired) electrons. The third-order valence-electron chi connectivity index (χ3n) is 3.32. The van der Waals surface area contributed by atoms with Gasteiger partial charge in [-0.3, -0.25) is 4.68 Å². The Kier molecular flexibility index (Phi) is 3.41. The van der Waals surface area contributed by atoms with Crippen LogP contribution in [0.2, 0.25) is 0 Å². The molecule has 0 atom stereocenters. The first kappa shape index (κ1) is 13.0. The molecular weight excluding hydrogens is 254 g/mol. The summed E-state index contributed by atoms with van der Waals surface area (Å²) in [6.07, 6.45) is 6.61. The van der Waals surface area contributed by atoms with Crippen LogP contribution in [-0.4, -0.2) is 19.9 Å². The van der Waals surface area contributed by atoms with Crippen LogP contribution in [0.5, 0.6) is 0 Å². The zero-order valence-corrected chi connectivity index (χ0v) is 11.0. The van der Waals surface area contributed by atoms with Crippen molar-refractivity contribution < 1.29 is 4.52 Å². The second-order valence-electron chi connectivity index (χ2n) is 4.52. The van der Waals surface area contributed by atoms with Gasteiger partial charge in [-0.15, -0.1) is 12.4 Å². The standard InChI is InChI=1S/C11H15N5O.ClH/c1-2-16-7-8(6-13-16)9-14-10(15-17-9)11(12)4-3-5-11;/h6-7H,2-5,12H2,1H3;1H. The lowest BCUT2D eigenvalue weighted by Crippen LogP contribution is -2.44. The van der Waals surface area contributed by atoms with Crippen LogP contribution in [0.25, 0.3) is 11.5 Å². The predicted octanol–water partition coefficient (Wildman–Crippen LogP) is 1.71. The van der Waals surface area contributed by atoms with Gasteiger partial charge in [0.05, 0.1) is 17.3 Å². The largest absolute Gasteiger partial charge is 0.334 e. The van der Waals surface area contributed by atoms with E-state index in [4.69, 9.17) is 10.3 Å². The van der Waals surface area contributed by atoms with E-state index in [0.29, 0.717) is 11.7 Å². The Morgan fingerprint density at radius 2 is 2.28 bits per heavy atom. The van der Waals surface area contributed by atoms with Crippen molar-refractivity contribution in [1.82, 2.24) is 19.9 Å². The predicted molar refractivity (Wildman–Crippen MR) is 68.2 cm³/mol. The van der Waals surface area contributed by atoms with E-state index >= 15 is 0 Å². The highest BCUT2D eigenvalue weighted by Gasteiger charge is 2.39. The maximum atomic E-state index is 6.14. The molecule has 98 valence electrons. The normalized spacial score (nSPS) is 17.0. The molecule has 1 aliphatic rings. The van der Waals surface area contributed by atoms with Crippen LogP contribution in [0.15, 0.2) is 16.9 Å². The molecule has 0 saturated heterocycles. The summed E-state index contributed by atoms with van der Waals surface area (Å²) in [5.74, 6) is 1.11. The maximum absolute atomic E-state index is 6.14. The number of hydrogen-bond acceptors (Lipinski definition) is 5. The topological polar surface area (TPSA) is 82.8 Å². The first-order valence-electron chi connectivity index (χ1n) is 5.87. The van der Waals surface area contributed by atoms with E-state index in [2.05, 4.69) is 15.2 Å². The molecule has 0 spiro atoms. The van der Waals surface area contributed by atoms with Gasteiger partial charge >= 0.3 is 0 Å². The molecule has 0 amide bonds. The summed E-state index contributed by atoms with van der Waals surface area (Å²) in [6.45, 7) is 2.85. The smallest absolute Gasteiger partial charge is 0.261 e. The van der Waals surface area contributed by atoms with Crippen molar-refractivity contribution in [3.8, 4) is 11.5 Å². The molecular formula is C11H16ClN5O. The summed E-state index contributed by atoms with van der Waals surface area (Å²) in [5.41, 5.74) is 6.61. The second kappa shape index (κ2) is 4.70. The minimum Gasteiger partial charge on any atom is -0.334 e. The number of rotatable bonds is 3. The third-order valence-corrected chi connectivity index (χ3v) is 3.32. The van der Waals surface area contributed by atoms with Crippen molar-refractivity contribution in [3.63, 3.8) is 0 Å². The van der Waals surface area contributed by atoms with Crippen molar-refractivity contribution >= 4 is 12.4 Å². The molecule has 2 aromatic rings. The lowest BCUT2D eigenvalue weighted by Gasteiger charge is -2.34. The highest BCUT2D eigenvalue weighted by atomic mass is 35.5. The van der Waals surface area contributed by atoms with E-state index in [1.165, 1.54) is 0 Å². The van der Waals surface area contributed by atoms with Crippen LogP contribution in [0.4, 0.5) is 0 Å². The Morgan fingerprint density at radius 3 is 2.83 bits per heavy atom. The summed E-state index contributed by atoms with van der Waals surface area (Å²) in [5, 5.41) is 8.15. The highest BCUT2D eigenvalue weighted by Crippen LogP contribution is 2.37. The molecule has 0 bridgehead atoms. The molecule has 6 nitrogen and oxygen atoms in total. The fourth-order valence-corrected chi connectivity index (χ4v) is 1.97. The van der Waals surface area contributed by atoms with E-state index in [1.807, 2.05) is 17.8 Å². The summed E-state index contributed by atoms with van der Waals surface area (Å²) < 4.78 is 7.06. The molecule has 2 N–H and O–H groups in total. The molecule has 7 heteroatoms. The molecule has 3 rings (SSSR count). The summed E-state index contributed by atoms with van der Waals surface area (Å²) in [7, 11) is 0. The zero-order valence-electron chi connectivity index (χ0n) is 10.2. The molecule has 2 aromatic heterocycles. The van der Waals surface area contributed by atoms with E-state index < -0.39 is 0 Å². The van der Waals surface area contributed by atoms with Crippen LogP contribution < -0.4 is 5.73 Å². The van der Waals surface area contributed by atoms with Gasteiger partial charge in [-0.05, 0) is 26.2 Å². The van der Waals surface area contributed by atoms with Crippen LogP contribution in [-0.2, 0) is 12.1 Å². The highest BCUT2D eigenvalue weighted by molar-refractivity contribution is 5.85. The zero-order chi connectivity index (χ0) is 11.9. The average Bonchev–Trinajstić information content (AvgIpc) is 2.94. The number of aromatic nitrogens is 4. The fraction of sp³-hybridized carbons (Fsp3) is 0.545. The molecule has 1 saturated carbocycles. The molecule has 2 heterocycles. The van der Waals surface area contributed by atoms with Crippen LogP contribution in [0.1, 0.15) is 32.0 Å². The fourth-order valence-electron chi connectivity index (χ4n) is 1.97. The number of nitrogens with zero attached hydrogens (tertiary/aromatic N) is 4. The Hall–Kier alpha value is -1.40. The van der Waals surface area contributed by atoms with Gasteiger partial charge in [0.2, 0.25) is 0 Å². The number of halogens is 1. The van der Waals surface area contributed by atoms with Gasteiger partial charge in [-0.2, -0.15) is 10.1 Å². The van der Waals surface area contributed by atoms with E-state index in [9.17, 15) is 0 Å². The molecule has 0 aliphatic heterocycles. The summed E-state index contributed by atoms with van der Waals surface area (Å²) in [6, 6.07) is 0. The van der Waals surface area contributed by atoms with Crippen molar-refractivity contribution in [3.05, 3.63) is 18.2 Å². The molecule has 0 aromatic carbocycles. The number of hydrogen-bond donors (Lipinski definition) is 1. The van der Waals surface area contributed by atoms with Gasteiger partial charge in [-0.1, -0.05) is 5.16 Å². The Labute approximate surface area is 111 Å². The Morgan fingerprint density at radius 1 is 1.50 bits per heavy atom. The lowest BCUT2D eigenvalue weighted by molar-refractivity contribution is 0.229. The first-order chi connectivity index (χ1) is 8.21. The quantitative estimate of drug-likeness (QED) is 0.917. The average molecular weight is 270 g/mol. The van der Waals surface area contributed by atoms with Gasteiger partial charge in [0.15, 0.2) is 5.82 Å². The van der Waals surface area contributed by atoms with E-state index in [0.717, 1.165) is 31.4 Å². The van der Waals surface area contributed by atoms with E-state index in [-0.39, 0.29) is 17.9 Å². The van der Waals surface area contributed by atoms with Crippen LogP contribution in [0.3, 0.4) is 0 Å². The molecule has 0 unspecified atom stereocenters. The van der Waals surface area contributed by atoms with Crippen molar-refractivity contribution in [2.75, 3.05) is 0 Å². The van der Waals surface area contributed by atoms with Gasteiger partial charge in [0, 0.05) is 12.7 Å². The maximum Gasteiger partial charge on any atom is 0.261 e. The van der Waals surface area contributed by atoms with Crippen molar-refractivity contribution in [1.29, 1.82) is 0 Å². The lowest BCUT2D eigenvalue weighted by atomic mass is 9.77. The SMILES string of the molecule is CCn1cc(-c2nc(C3(N)CCC3)no2)cn1.Cl. The van der Waals surface area contributed by atoms with E-state index in [1.54, 1.807) is 6.20 Å². The van der Waals surface area contributed by atoms with Crippen LogP contribution >= 0.6 is 12.4 Å². The minimum atomic E-state index is -0.373. The van der Waals surface area contributed by atoms with Crippen molar-refractivity contribution in [2.24, 2.45) is 5.73 Å². The van der Waals surface area contributed by atoms with Gasteiger partial charge in [0.25, 0.3) is 5.89 Å². The van der Waals surface area contributed by atoms with Crippen molar-refractivity contribution in [2.45, 2.75) is 38.3 Å². The second-order valence-corrected chi connectivity index (χ2v) is 4.52. The van der Waals surface area contributed by atoms with Gasteiger partial charge < -0.3 is 10.3 Å². The Balaban J connectivity index is 0.00000120. The molecule has 1 aliphatic carbocycles. The monoisotopic (exact) mass is 269 g/mol. The molecule has 18 heavy (non-hydrogen) atoms. The third kappa shape index (κ3) is 2.02. The summed E-state index contributed by atoms with van der Waals surface area (Å²) >= 11 is 0. The summed E-state index contributed by atoms with van der Waals surface area (Å²) in [4.78, 5) is 4.37. The van der Waals surface area contributed by atoms with Gasteiger partial charge in [0.1, 0.15) is 0 Å². The number of aryl methyl sites for hydroxylation is 1. The van der Waals surface area contributed by atoms with Gasteiger partial charge in [-0.25, -0.2) is 0 Å². The minimum absolute atomic E-state index is 0. The Bertz CT molecular complexity index is 531. The number of nitrogens with two attached hydrogens (primary N) is 1. The first-order valence-corrected chi connectivity index (χ1v) is 5.87. The van der Waals surface area contributed by atoms with Crippen LogP contribution in [0, 0.1) is 0 Å².